The Morgan fingerprint density at radius 3 is 2.48 bits per heavy atom. The third-order valence-electron chi connectivity index (χ3n) is 4.02. The fourth-order valence-electron chi connectivity index (χ4n) is 2.46. The standard InChI is InChI=1S/C18H20ClFN2O4S/c1-18(2,15-9-8-13(20)11-16(15)19)21-17(23)12-6-5-7-14(10-12)27(24,25)22(3)26-4/h5-11H,1-4H3,(H,21,23). The third-order valence-corrected chi connectivity index (χ3v) is 6.01. The van der Waals surface area contributed by atoms with Crippen LogP contribution >= 0.6 is 11.6 Å². The molecule has 0 aromatic heterocycles. The Morgan fingerprint density at radius 1 is 1.22 bits per heavy atom. The number of nitrogens with one attached hydrogen (secondary N) is 1. The zero-order chi connectivity index (χ0) is 20.4. The number of hydrogen-bond acceptors (Lipinski definition) is 4. The van der Waals surface area contributed by atoms with Crippen LogP contribution in [0.4, 0.5) is 4.39 Å². The van der Waals surface area contributed by atoms with Gasteiger partial charge in [-0.1, -0.05) is 28.2 Å². The molecule has 0 atom stereocenters. The molecular formula is C18H20ClFN2O4S. The predicted octanol–water partition coefficient (Wildman–Crippen LogP) is 3.33. The van der Waals surface area contributed by atoms with Crippen molar-refractivity contribution in [3.05, 3.63) is 64.4 Å². The third kappa shape index (κ3) is 4.65. The van der Waals surface area contributed by atoms with Crippen molar-refractivity contribution in [1.82, 2.24) is 9.79 Å². The number of carbonyl (C=O) groups excluding carboxylic acids is 1. The highest BCUT2D eigenvalue weighted by molar-refractivity contribution is 7.89. The van der Waals surface area contributed by atoms with Crippen molar-refractivity contribution in [2.75, 3.05) is 14.2 Å². The summed E-state index contributed by atoms with van der Waals surface area (Å²) >= 11 is 6.09. The highest BCUT2D eigenvalue weighted by atomic mass is 35.5. The minimum Gasteiger partial charge on any atom is -0.343 e. The largest absolute Gasteiger partial charge is 0.343 e. The van der Waals surface area contributed by atoms with Crippen LogP contribution in [0.1, 0.15) is 29.8 Å². The first-order valence-corrected chi connectivity index (χ1v) is 9.72. The van der Waals surface area contributed by atoms with E-state index in [4.69, 9.17) is 16.4 Å². The fraction of sp³-hybridized carbons (Fsp3) is 0.278. The summed E-state index contributed by atoms with van der Waals surface area (Å²) in [6.45, 7) is 3.42. The quantitative estimate of drug-likeness (QED) is 0.735. The van der Waals surface area contributed by atoms with Gasteiger partial charge in [0.2, 0.25) is 0 Å². The van der Waals surface area contributed by atoms with Gasteiger partial charge in [0.05, 0.1) is 17.5 Å². The minimum absolute atomic E-state index is 0.0860. The lowest BCUT2D eigenvalue weighted by Gasteiger charge is -2.28. The zero-order valence-corrected chi connectivity index (χ0v) is 16.9. The van der Waals surface area contributed by atoms with Gasteiger partial charge in [0, 0.05) is 17.6 Å². The molecule has 0 heterocycles. The summed E-state index contributed by atoms with van der Waals surface area (Å²) in [6.07, 6.45) is 0. The monoisotopic (exact) mass is 414 g/mol. The first-order valence-electron chi connectivity index (χ1n) is 7.90. The van der Waals surface area contributed by atoms with Crippen molar-refractivity contribution >= 4 is 27.5 Å². The van der Waals surface area contributed by atoms with Gasteiger partial charge in [0.25, 0.3) is 15.9 Å². The molecule has 0 aliphatic carbocycles. The summed E-state index contributed by atoms with van der Waals surface area (Å²) in [5, 5.41) is 2.96. The van der Waals surface area contributed by atoms with Crippen molar-refractivity contribution in [3.63, 3.8) is 0 Å². The average molecular weight is 415 g/mol. The lowest BCUT2D eigenvalue weighted by molar-refractivity contribution is -0.0258. The van der Waals surface area contributed by atoms with Crippen molar-refractivity contribution in [2.45, 2.75) is 24.3 Å². The van der Waals surface area contributed by atoms with Gasteiger partial charge in [-0.05, 0) is 49.7 Å². The molecule has 0 radical (unpaired) electrons. The summed E-state index contributed by atoms with van der Waals surface area (Å²) in [7, 11) is -1.41. The maximum atomic E-state index is 13.3. The van der Waals surface area contributed by atoms with Crippen LogP contribution in [0.15, 0.2) is 47.4 Å². The molecule has 0 spiro atoms. The Bertz CT molecular complexity index is 964. The maximum Gasteiger partial charge on any atom is 0.264 e. The summed E-state index contributed by atoms with van der Waals surface area (Å²) in [5.41, 5.74) is -0.242. The molecule has 146 valence electrons. The first-order chi connectivity index (χ1) is 12.5. The number of benzene rings is 2. The molecule has 9 heteroatoms. The van der Waals surface area contributed by atoms with E-state index in [1.165, 1.54) is 56.6 Å². The smallest absolute Gasteiger partial charge is 0.264 e. The van der Waals surface area contributed by atoms with Crippen molar-refractivity contribution in [2.24, 2.45) is 0 Å². The fourth-order valence-corrected chi connectivity index (χ4v) is 3.89. The topological polar surface area (TPSA) is 75.7 Å². The number of carbonyl (C=O) groups is 1. The van der Waals surface area contributed by atoms with Crippen LogP contribution in [0.3, 0.4) is 0 Å². The van der Waals surface area contributed by atoms with Crippen LogP contribution in [-0.4, -0.2) is 33.0 Å². The van der Waals surface area contributed by atoms with Crippen molar-refractivity contribution in [3.8, 4) is 0 Å². The lowest BCUT2D eigenvalue weighted by Crippen LogP contribution is -2.41. The van der Waals surface area contributed by atoms with Crippen LogP contribution in [0.5, 0.6) is 0 Å². The molecule has 2 aromatic carbocycles. The second-order valence-corrected chi connectivity index (χ2v) is 8.67. The van der Waals surface area contributed by atoms with E-state index >= 15 is 0 Å². The van der Waals surface area contributed by atoms with Gasteiger partial charge in [-0.2, -0.15) is 0 Å². The van der Waals surface area contributed by atoms with Crippen LogP contribution in [0.25, 0.3) is 0 Å². The number of hydroxylamine groups is 1. The molecule has 2 rings (SSSR count). The normalized spacial score (nSPS) is 12.3. The van der Waals surface area contributed by atoms with E-state index in [-0.39, 0.29) is 15.5 Å². The number of nitrogens with zero attached hydrogens (tertiary/aromatic N) is 1. The summed E-state index contributed by atoms with van der Waals surface area (Å²) in [6, 6.07) is 9.48. The molecule has 0 bridgehead atoms. The van der Waals surface area contributed by atoms with Gasteiger partial charge in [0.15, 0.2) is 0 Å². The molecular weight excluding hydrogens is 395 g/mol. The van der Waals surface area contributed by atoms with Crippen LogP contribution in [0, 0.1) is 5.82 Å². The Balaban J connectivity index is 2.32. The SMILES string of the molecule is CON(C)S(=O)(=O)c1cccc(C(=O)NC(C)(C)c2ccc(F)cc2Cl)c1. The number of hydrogen-bond donors (Lipinski definition) is 1. The molecule has 2 aromatic rings. The van der Waals surface area contributed by atoms with Crippen molar-refractivity contribution in [1.29, 1.82) is 0 Å². The Labute approximate surface area is 162 Å². The molecule has 6 nitrogen and oxygen atoms in total. The summed E-state index contributed by atoms with van der Waals surface area (Å²) in [4.78, 5) is 17.3. The van der Waals surface area contributed by atoms with E-state index < -0.39 is 27.3 Å². The maximum absolute atomic E-state index is 13.3. The van der Waals surface area contributed by atoms with E-state index in [9.17, 15) is 17.6 Å². The highest BCUT2D eigenvalue weighted by Gasteiger charge is 2.27. The average Bonchev–Trinajstić information content (AvgIpc) is 2.60. The van der Waals surface area contributed by atoms with E-state index in [0.717, 1.165) is 0 Å². The molecule has 0 aliphatic rings. The second-order valence-electron chi connectivity index (χ2n) is 6.33. The molecule has 27 heavy (non-hydrogen) atoms. The van der Waals surface area contributed by atoms with Gasteiger partial charge in [-0.25, -0.2) is 12.8 Å². The first kappa shape index (κ1) is 21.3. The van der Waals surface area contributed by atoms with Crippen LogP contribution < -0.4 is 5.32 Å². The Morgan fingerprint density at radius 2 is 1.89 bits per heavy atom. The zero-order valence-electron chi connectivity index (χ0n) is 15.3. The van der Waals surface area contributed by atoms with Gasteiger partial charge in [-0.15, -0.1) is 0 Å². The summed E-state index contributed by atoms with van der Waals surface area (Å²) in [5.74, 6) is -0.983. The molecule has 1 N–H and O–H groups in total. The van der Waals surface area contributed by atoms with Gasteiger partial charge < -0.3 is 5.32 Å². The molecule has 0 saturated heterocycles. The van der Waals surface area contributed by atoms with Crippen LogP contribution in [-0.2, 0) is 20.4 Å². The molecule has 0 aliphatic heterocycles. The minimum atomic E-state index is -3.88. The number of amides is 1. The van der Waals surface area contributed by atoms with E-state index in [1.807, 2.05) is 0 Å². The van der Waals surface area contributed by atoms with Gasteiger partial charge in [0.1, 0.15) is 5.82 Å². The Hall–Kier alpha value is -2.00. The molecule has 0 fully saturated rings. The van der Waals surface area contributed by atoms with E-state index in [2.05, 4.69) is 5.32 Å². The molecule has 1 amide bonds. The van der Waals surface area contributed by atoms with E-state index in [1.54, 1.807) is 13.8 Å². The van der Waals surface area contributed by atoms with E-state index in [0.29, 0.717) is 10.0 Å². The number of rotatable bonds is 6. The molecule has 0 saturated carbocycles. The lowest BCUT2D eigenvalue weighted by atomic mass is 9.93. The summed E-state index contributed by atoms with van der Waals surface area (Å²) < 4.78 is 38.6. The Kier molecular flexibility index (Phi) is 6.26. The predicted molar refractivity (Wildman–Crippen MR) is 100 cm³/mol. The van der Waals surface area contributed by atoms with Gasteiger partial charge >= 0.3 is 0 Å². The van der Waals surface area contributed by atoms with Crippen molar-refractivity contribution < 1.29 is 22.4 Å². The second kappa shape index (κ2) is 7.93. The van der Waals surface area contributed by atoms with Crippen LogP contribution in [0.2, 0.25) is 5.02 Å². The number of sulfonamides is 1. The van der Waals surface area contributed by atoms with Gasteiger partial charge in [-0.3, -0.25) is 9.63 Å². The molecule has 0 unspecified atom stereocenters. The number of halogens is 2. The highest BCUT2D eigenvalue weighted by Crippen LogP contribution is 2.29.